The first-order valence-electron chi connectivity index (χ1n) is 6.35. The minimum Gasteiger partial charge on any atom is -0.488 e. The van der Waals surface area contributed by atoms with Crippen LogP contribution in [0.3, 0.4) is 0 Å². The molecule has 0 N–H and O–H groups in total. The van der Waals surface area contributed by atoms with Gasteiger partial charge in [0.25, 0.3) is 0 Å². The lowest BCUT2D eigenvalue weighted by molar-refractivity contribution is 0.130. The van der Waals surface area contributed by atoms with Crippen LogP contribution in [-0.4, -0.2) is 5.60 Å². The Morgan fingerprint density at radius 2 is 1.59 bits per heavy atom. The van der Waals surface area contributed by atoms with Gasteiger partial charge in [-0.25, -0.2) is 0 Å². The number of hydrogen-bond acceptors (Lipinski definition) is 1. The highest BCUT2D eigenvalue weighted by Gasteiger charge is 2.15. The van der Waals surface area contributed by atoms with Crippen LogP contribution < -0.4 is 4.74 Å². The molecule has 1 nitrogen and oxygen atoms in total. The van der Waals surface area contributed by atoms with Gasteiger partial charge in [-0.05, 0) is 56.7 Å². The van der Waals surface area contributed by atoms with Crippen LogP contribution in [0, 0.1) is 12.3 Å². The van der Waals surface area contributed by atoms with E-state index in [1.54, 1.807) is 0 Å². The van der Waals surface area contributed by atoms with Crippen LogP contribution in [0.5, 0.6) is 5.75 Å². The highest BCUT2D eigenvalue weighted by atomic mass is 16.5. The maximum Gasteiger partial charge on any atom is 0.123 e. The summed E-state index contributed by atoms with van der Waals surface area (Å²) in [5.41, 5.74) is 2.81. The van der Waals surface area contributed by atoms with Crippen LogP contribution >= 0.6 is 0 Å². The van der Waals surface area contributed by atoms with Gasteiger partial charge in [0.2, 0.25) is 0 Å². The van der Waals surface area contributed by atoms with E-state index in [4.69, 9.17) is 4.74 Å². The van der Waals surface area contributed by atoms with E-state index < -0.39 is 0 Å². The van der Waals surface area contributed by atoms with E-state index in [0.29, 0.717) is 5.41 Å². The molecule has 0 saturated carbocycles. The smallest absolute Gasteiger partial charge is 0.123 e. The first-order valence-corrected chi connectivity index (χ1v) is 6.35. The maximum absolute atomic E-state index is 5.92. The highest BCUT2D eigenvalue weighted by molar-refractivity contribution is 5.37. The third kappa shape index (κ3) is 5.25. The Balaban J connectivity index is 2.87. The Bertz CT molecular complexity index is 377. The minimum atomic E-state index is -0.129. The zero-order valence-electron chi connectivity index (χ0n) is 12.3. The second-order valence-corrected chi connectivity index (χ2v) is 7.05. The zero-order chi connectivity index (χ0) is 13.3. The lowest BCUT2D eigenvalue weighted by Crippen LogP contribution is -2.23. The van der Waals surface area contributed by atoms with E-state index in [0.717, 1.165) is 12.2 Å². The van der Waals surface area contributed by atoms with Crippen molar-refractivity contribution < 1.29 is 4.74 Å². The fourth-order valence-corrected chi connectivity index (χ4v) is 1.88. The molecule has 0 aliphatic carbocycles. The van der Waals surface area contributed by atoms with E-state index >= 15 is 0 Å². The Morgan fingerprint density at radius 1 is 1.00 bits per heavy atom. The average Bonchev–Trinajstić information content (AvgIpc) is 2.05. The third-order valence-electron chi connectivity index (χ3n) is 2.39. The van der Waals surface area contributed by atoms with Gasteiger partial charge < -0.3 is 4.74 Å². The molecule has 0 spiro atoms. The lowest BCUT2D eigenvalue weighted by Gasteiger charge is -2.24. The van der Waals surface area contributed by atoms with Gasteiger partial charge in [0.05, 0.1) is 0 Å². The van der Waals surface area contributed by atoms with Crippen molar-refractivity contribution in [1.82, 2.24) is 0 Å². The topological polar surface area (TPSA) is 9.23 Å². The number of benzene rings is 1. The van der Waals surface area contributed by atoms with Gasteiger partial charge in [-0.3, -0.25) is 0 Å². The second-order valence-electron chi connectivity index (χ2n) is 7.05. The molecule has 96 valence electrons. The molecule has 0 aromatic heterocycles. The Morgan fingerprint density at radius 3 is 2.00 bits per heavy atom. The SMILES string of the molecule is Cc1cc(CC(C)(C)C)ccc1OC(C)(C)C. The molecule has 0 fully saturated rings. The van der Waals surface area contributed by atoms with Gasteiger partial charge in [-0.1, -0.05) is 32.9 Å². The van der Waals surface area contributed by atoms with Crippen molar-refractivity contribution in [3.05, 3.63) is 29.3 Å². The quantitative estimate of drug-likeness (QED) is 0.717. The number of ether oxygens (including phenoxy) is 1. The van der Waals surface area contributed by atoms with Gasteiger partial charge in [0.15, 0.2) is 0 Å². The second kappa shape index (κ2) is 4.72. The van der Waals surface area contributed by atoms with E-state index in [1.807, 2.05) is 0 Å². The molecule has 0 heterocycles. The first kappa shape index (κ1) is 14.1. The summed E-state index contributed by atoms with van der Waals surface area (Å²) in [5, 5.41) is 0. The molecule has 0 aliphatic heterocycles. The van der Waals surface area contributed by atoms with Crippen LogP contribution in [0.25, 0.3) is 0 Å². The molecule has 0 bridgehead atoms. The molecular formula is C16H26O. The average molecular weight is 234 g/mol. The summed E-state index contributed by atoms with van der Waals surface area (Å²) in [6.07, 6.45) is 1.10. The summed E-state index contributed by atoms with van der Waals surface area (Å²) in [5.74, 6) is 0.996. The molecule has 1 aromatic carbocycles. The van der Waals surface area contributed by atoms with Crippen molar-refractivity contribution in [1.29, 1.82) is 0 Å². The maximum atomic E-state index is 5.92. The fourth-order valence-electron chi connectivity index (χ4n) is 1.88. The molecule has 1 rings (SSSR count). The summed E-state index contributed by atoms with van der Waals surface area (Å²) < 4.78 is 5.92. The van der Waals surface area contributed by atoms with Gasteiger partial charge >= 0.3 is 0 Å². The van der Waals surface area contributed by atoms with Crippen molar-refractivity contribution >= 4 is 0 Å². The summed E-state index contributed by atoms with van der Waals surface area (Å²) in [7, 11) is 0. The van der Waals surface area contributed by atoms with Crippen LogP contribution in [0.2, 0.25) is 0 Å². The molecule has 0 saturated heterocycles. The molecular weight excluding hydrogens is 208 g/mol. The number of rotatable bonds is 2. The van der Waals surface area contributed by atoms with Gasteiger partial charge in [0.1, 0.15) is 11.4 Å². The third-order valence-corrected chi connectivity index (χ3v) is 2.39. The molecule has 1 aromatic rings. The Hall–Kier alpha value is -0.980. The summed E-state index contributed by atoms with van der Waals surface area (Å²) in [6, 6.07) is 6.52. The molecule has 0 aliphatic rings. The van der Waals surface area contributed by atoms with Crippen LogP contribution in [0.1, 0.15) is 52.7 Å². The van der Waals surface area contributed by atoms with Crippen LogP contribution in [-0.2, 0) is 6.42 Å². The van der Waals surface area contributed by atoms with E-state index in [2.05, 4.69) is 66.7 Å². The van der Waals surface area contributed by atoms with Crippen LogP contribution in [0.15, 0.2) is 18.2 Å². The first-order chi connectivity index (χ1) is 7.57. The monoisotopic (exact) mass is 234 g/mol. The van der Waals surface area contributed by atoms with E-state index in [1.165, 1.54) is 11.1 Å². The molecule has 0 atom stereocenters. The molecule has 17 heavy (non-hydrogen) atoms. The van der Waals surface area contributed by atoms with Crippen molar-refractivity contribution in [2.45, 2.75) is 60.5 Å². The van der Waals surface area contributed by atoms with Gasteiger partial charge in [-0.15, -0.1) is 0 Å². The van der Waals surface area contributed by atoms with Crippen molar-refractivity contribution in [2.75, 3.05) is 0 Å². The van der Waals surface area contributed by atoms with E-state index in [9.17, 15) is 0 Å². The summed E-state index contributed by atoms with van der Waals surface area (Å²) in [4.78, 5) is 0. The summed E-state index contributed by atoms with van der Waals surface area (Å²) >= 11 is 0. The molecule has 0 unspecified atom stereocenters. The van der Waals surface area contributed by atoms with Gasteiger partial charge in [-0.2, -0.15) is 0 Å². The molecule has 0 radical (unpaired) electrons. The molecule has 0 amide bonds. The normalized spacial score (nSPS) is 12.6. The van der Waals surface area contributed by atoms with Crippen LogP contribution in [0.4, 0.5) is 0 Å². The van der Waals surface area contributed by atoms with Crippen molar-refractivity contribution in [2.24, 2.45) is 5.41 Å². The molecule has 1 heteroatoms. The Kier molecular flexibility index (Phi) is 3.91. The van der Waals surface area contributed by atoms with Crippen molar-refractivity contribution in [3.63, 3.8) is 0 Å². The highest BCUT2D eigenvalue weighted by Crippen LogP contribution is 2.27. The Labute approximate surface area is 106 Å². The predicted molar refractivity (Wildman–Crippen MR) is 74.7 cm³/mol. The van der Waals surface area contributed by atoms with Crippen molar-refractivity contribution in [3.8, 4) is 5.75 Å². The largest absolute Gasteiger partial charge is 0.488 e. The number of hydrogen-bond donors (Lipinski definition) is 0. The predicted octanol–water partition coefficient (Wildman–Crippen LogP) is 4.76. The van der Waals surface area contributed by atoms with E-state index in [-0.39, 0.29) is 5.60 Å². The van der Waals surface area contributed by atoms with Gasteiger partial charge in [0, 0.05) is 0 Å². The fraction of sp³-hybridized carbons (Fsp3) is 0.625. The zero-order valence-corrected chi connectivity index (χ0v) is 12.3. The standard InChI is InChI=1S/C16H26O/c1-12-10-13(11-15(2,3)4)8-9-14(12)17-16(5,6)7/h8-10H,11H2,1-7H3. The lowest BCUT2D eigenvalue weighted by atomic mass is 9.87. The summed E-state index contributed by atoms with van der Waals surface area (Å²) in [6.45, 7) is 15.2. The minimum absolute atomic E-state index is 0.129. The number of aryl methyl sites for hydroxylation is 1.